The van der Waals surface area contributed by atoms with Gasteiger partial charge in [0, 0.05) is 17.9 Å². The number of pyridine rings is 1. The molecule has 0 saturated heterocycles. The predicted octanol–water partition coefficient (Wildman–Crippen LogP) is 5.81. The van der Waals surface area contributed by atoms with Crippen molar-refractivity contribution in [1.82, 2.24) is 9.88 Å². The summed E-state index contributed by atoms with van der Waals surface area (Å²) in [6.07, 6.45) is -2.30. The first-order chi connectivity index (χ1) is 14.7. The van der Waals surface area contributed by atoms with E-state index >= 15 is 0 Å². The van der Waals surface area contributed by atoms with Crippen LogP contribution in [0.15, 0.2) is 66.9 Å². The fraction of sp³-hybridized carbons (Fsp3) is 0.217. The minimum atomic E-state index is -4.45. The number of alkyl halides is 3. The molecule has 0 spiro atoms. The van der Waals surface area contributed by atoms with E-state index in [1.165, 1.54) is 36.4 Å². The maximum Gasteiger partial charge on any atom is 0.416 e. The number of amides is 2. The summed E-state index contributed by atoms with van der Waals surface area (Å²) < 4.78 is 52.3. The van der Waals surface area contributed by atoms with Crippen LogP contribution >= 0.6 is 0 Å². The molecule has 0 saturated carbocycles. The number of carbonyl (C=O) groups is 1. The van der Waals surface area contributed by atoms with Crippen molar-refractivity contribution in [3.05, 3.63) is 95.1 Å². The van der Waals surface area contributed by atoms with Crippen LogP contribution in [-0.2, 0) is 12.6 Å². The standard InChI is InChI=1S/C23H19F4N3O/c1-14-13-16-3-2-12-28-20(16)21(15-4-6-17(7-5-15)23(25,26)27)30(14)22(31)29-19-10-8-18(24)9-11-19/h2-12,14,21H,13H2,1H3,(H,29,31)/t14-,21-/m1/s1. The van der Waals surface area contributed by atoms with E-state index in [1.807, 2.05) is 13.0 Å². The first-order valence-corrected chi connectivity index (χ1v) is 9.70. The molecule has 160 valence electrons. The lowest BCUT2D eigenvalue weighted by molar-refractivity contribution is -0.137. The molecule has 2 aromatic carbocycles. The Bertz CT molecular complexity index is 1080. The molecule has 4 rings (SSSR count). The van der Waals surface area contributed by atoms with Crippen molar-refractivity contribution >= 4 is 11.7 Å². The molecule has 1 aromatic heterocycles. The molecule has 0 bridgehead atoms. The van der Waals surface area contributed by atoms with Gasteiger partial charge in [-0.05, 0) is 66.9 Å². The van der Waals surface area contributed by atoms with Gasteiger partial charge in [-0.2, -0.15) is 13.2 Å². The Kier molecular flexibility index (Phi) is 5.39. The second kappa shape index (κ2) is 8.02. The number of aromatic nitrogens is 1. The lowest BCUT2D eigenvalue weighted by atomic mass is 9.88. The van der Waals surface area contributed by atoms with Gasteiger partial charge in [-0.1, -0.05) is 18.2 Å². The first-order valence-electron chi connectivity index (χ1n) is 9.70. The number of hydrogen-bond acceptors (Lipinski definition) is 2. The summed E-state index contributed by atoms with van der Waals surface area (Å²) in [7, 11) is 0. The quantitative estimate of drug-likeness (QED) is 0.523. The Morgan fingerprint density at radius 1 is 1.06 bits per heavy atom. The molecule has 1 aliphatic rings. The molecule has 0 aliphatic carbocycles. The molecule has 2 amide bonds. The van der Waals surface area contributed by atoms with Gasteiger partial charge in [0.2, 0.25) is 0 Å². The third-order valence-corrected chi connectivity index (χ3v) is 5.34. The summed E-state index contributed by atoms with van der Waals surface area (Å²) in [5.74, 6) is -0.426. The maximum absolute atomic E-state index is 13.2. The van der Waals surface area contributed by atoms with Crippen LogP contribution < -0.4 is 5.32 Å². The van der Waals surface area contributed by atoms with E-state index in [-0.39, 0.29) is 6.04 Å². The van der Waals surface area contributed by atoms with Crippen LogP contribution in [0, 0.1) is 5.82 Å². The summed E-state index contributed by atoms with van der Waals surface area (Å²) in [5.41, 5.74) is 1.73. The monoisotopic (exact) mass is 429 g/mol. The molecule has 2 heterocycles. The van der Waals surface area contributed by atoms with E-state index in [0.717, 1.165) is 17.7 Å². The van der Waals surface area contributed by atoms with Crippen molar-refractivity contribution in [2.75, 3.05) is 5.32 Å². The van der Waals surface area contributed by atoms with Crippen LogP contribution in [0.3, 0.4) is 0 Å². The summed E-state index contributed by atoms with van der Waals surface area (Å²) >= 11 is 0. The summed E-state index contributed by atoms with van der Waals surface area (Å²) in [6, 6.07) is 12.5. The molecule has 1 N–H and O–H groups in total. The van der Waals surface area contributed by atoms with Gasteiger partial charge in [0.25, 0.3) is 0 Å². The van der Waals surface area contributed by atoms with Gasteiger partial charge < -0.3 is 10.2 Å². The minimum absolute atomic E-state index is 0.246. The first kappa shape index (κ1) is 20.8. The fourth-order valence-corrected chi connectivity index (χ4v) is 3.88. The van der Waals surface area contributed by atoms with Crippen molar-refractivity contribution in [1.29, 1.82) is 0 Å². The van der Waals surface area contributed by atoms with Gasteiger partial charge in [0.15, 0.2) is 0 Å². The SMILES string of the molecule is C[C@@H]1Cc2cccnc2[C@@H](c2ccc(C(F)(F)F)cc2)N1C(=O)Nc1ccc(F)cc1. The van der Waals surface area contributed by atoms with Gasteiger partial charge in [0.1, 0.15) is 11.9 Å². The Morgan fingerprint density at radius 3 is 2.39 bits per heavy atom. The average molecular weight is 429 g/mol. The molecule has 0 fully saturated rings. The number of hydrogen-bond donors (Lipinski definition) is 1. The molecule has 31 heavy (non-hydrogen) atoms. The third kappa shape index (κ3) is 4.23. The van der Waals surface area contributed by atoms with Crippen LogP contribution in [0.4, 0.5) is 28.0 Å². The zero-order valence-corrected chi connectivity index (χ0v) is 16.5. The lowest BCUT2D eigenvalue weighted by Crippen LogP contribution is -2.48. The van der Waals surface area contributed by atoms with Gasteiger partial charge in [-0.3, -0.25) is 4.98 Å². The van der Waals surface area contributed by atoms with Crippen molar-refractivity contribution in [3.8, 4) is 0 Å². The van der Waals surface area contributed by atoms with E-state index in [1.54, 1.807) is 17.2 Å². The highest BCUT2D eigenvalue weighted by Crippen LogP contribution is 2.38. The Balaban J connectivity index is 1.73. The topological polar surface area (TPSA) is 45.2 Å². The van der Waals surface area contributed by atoms with E-state index in [0.29, 0.717) is 23.4 Å². The van der Waals surface area contributed by atoms with Gasteiger partial charge >= 0.3 is 12.2 Å². The highest BCUT2D eigenvalue weighted by atomic mass is 19.4. The average Bonchev–Trinajstić information content (AvgIpc) is 2.74. The van der Waals surface area contributed by atoms with Crippen LogP contribution in [0.25, 0.3) is 0 Å². The predicted molar refractivity (Wildman–Crippen MR) is 108 cm³/mol. The van der Waals surface area contributed by atoms with Crippen molar-refractivity contribution in [2.45, 2.75) is 31.6 Å². The highest BCUT2D eigenvalue weighted by molar-refractivity contribution is 5.90. The molecule has 1 aliphatic heterocycles. The molecule has 8 heteroatoms. The third-order valence-electron chi connectivity index (χ3n) is 5.34. The molecule has 0 unspecified atom stereocenters. The number of urea groups is 1. The molecule has 4 nitrogen and oxygen atoms in total. The van der Waals surface area contributed by atoms with Crippen molar-refractivity contribution in [3.63, 3.8) is 0 Å². The Labute approximate surface area is 176 Å². The van der Waals surface area contributed by atoms with Crippen LogP contribution in [0.1, 0.15) is 35.3 Å². The number of halogens is 4. The lowest BCUT2D eigenvalue weighted by Gasteiger charge is -2.41. The summed E-state index contributed by atoms with van der Waals surface area (Å²) in [4.78, 5) is 19.2. The van der Waals surface area contributed by atoms with E-state index in [4.69, 9.17) is 0 Å². The Hall–Kier alpha value is -3.42. The maximum atomic E-state index is 13.2. The zero-order chi connectivity index (χ0) is 22.2. The van der Waals surface area contributed by atoms with Crippen LogP contribution in [0.2, 0.25) is 0 Å². The smallest absolute Gasteiger partial charge is 0.309 e. The van der Waals surface area contributed by atoms with Crippen LogP contribution in [-0.4, -0.2) is 22.0 Å². The summed E-state index contributed by atoms with van der Waals surface area (Å²) in [6.45, 7) is 1.87. The van der Waals surface area contributed by atoms with Gasteiger partial charge in [-0.15, -0.1) is 0 Å². The number of nitrogens with one attached hydrogen (secondary N) is 1. The molecule has 0 radical (unpaired) electrons. The number of rotatable bonds is 2. The second-order valence-corrected chi connectivity index (χ2v) is 7.47. The number of nitrogens with zero attached hydrogens (tertiary/aromatic N) is 2. The van der Waals surface area contributed by atoms with E-state index < -0.39 is 29.6 Å². The normalized spacial score (nSPS) is 18.4. The van der Waals surface area contributed by atoms with E-state index in [2.05, 4.69) is 10.3 Å². The number of benzene rings is 2. The number of fused-ring (bicyclic) bond motifs is 1. The van der Waals surface area contributed by atoms with Gasteiger partial charge in [0.05, 0.1) is 11.3 Å². The number of anilines is 1. The minimum Gasteiger partial charge on any atom is -0.309 e. The van der Waals surface area contributed by atoms with Crippen molar-refractivity contribution < 1.29 is 22.4 Å². The zero-order valence-electron chi connectivity index (χ0n) is 16.5. The van der Waals surface area contributed by atoms with E-state index in [9.17, 15) is 22.4 Å². The second-order valence-electron chi connectivity index (χ2n) is 7.47. The highest BCUT2D eigenvalue weighted by Gasteiger charge is 2.38. The van der Waals surface area contributed by atoms with Crippen molar-refractivity contribution in [2.24, 2.45) is 0 Å². The molecular formula is C23H19F4N3O. The molecular weight excluding hydrogens is 410 g/mol. The largest absolute Gasteiger partial charge is 0.416 e. The molecule has 2 atom stereocenters. The molecule has 3 aromatic rings. The summed E-state index contributed by atoms with van der Waals surface area (Å²) in [5, 5.41) is 2.75. The van der Waals surface area contributed by atoms with Crippen LogP contribution in [0.5, 0.6) is 0 Å². The van der Waals surface area contributed by atoms with Gasteiger partial charge in [-0.25, -0.2) is 9.18 Å². The number of carbonyl (C=O) groups excluding carboxylic acids is 1. The Morgan fingerprint density at radius 2 is 1.74 bits per heavy atom. The fourth-order valence-electron chi connectivity index (χ4n) is 3.88.